The fourth-order valence-electron chi connectivity index (χ4n) is 2.61. The fourth-order valence-corrected chi connectivity index (χ4v) is 2.61. The lowest BCUT2D eigenvalue weighted by atomic mass is 10.1. The van der Waals surface area contributed by atoms with Crippen molar-refractivity contribution in [3.63, 3.8) is 0 Å². The van der Waals surface area contributed by atoms with Gasteiger partial charge in [0.05, 0.1) is 12.7 Å². The quantitative estimate of drug-likeness (QED) is 0.900. The first kappa shape index (κ1) is 14.3. The average Bonchev–Trinajstić information content (AvgIpc) is 3.12. The molecule has 2 N–H and O–H groups in total. The second-order valence-electron chi connectivity index (χ2n) is 5.52. The summed E-state index contributed by atoms with van der Waals surface area (Å²) in [7, 11) is 0. The third kappa shape index (κ3) is 2.26. The third-order valence-electron chi connectivity index (χ3n) is 3.73. The van der Waals surface area contributed by atoms with E-state index in [1.807, 2.05) is 13.8 Å². The summed E-state index contributed by atoms with van der Waals surface area (Å²) in [5.74, 6) is 0.596. The second-order valence-corrected chi connectivity index (χ2v) is 5.52. The Labute approximate surface area is 126 Å². The van der Waals surface area contributed by atoms with Gasteiger partial charge < -0.3 is 19.6 Å². The van der Waals surface area contributed by atoms with Crippen molar-refractivity contribution in [2.45, 2.75) is 32.9 Å². The molecule has 22 heavy (non-hydrogen) atoms. The summed E-state index contributed by atoms with van der Waals surface area (Å²) < 4.78 is 7.05. The minimum absolute atomic E-state index is 0.0784. The van der Waals surface area contributed by atoms with Crippen LogP contribution in [0.25, 0.3) is 0 Å². The van der Waals surface area contributed by atoms with Crippen molar-refractivity contribution in [1.29, 1.82) is 0 Å². The highest BCUT2D eigenvalue weighted by Crippen LogP contribution is 2.22. The molecule has 0 fully saturated rings. The van der Waals surface area contributed by atoms with Crippen LogP contribution in [-0.2, 0) is 13.1 Å². The number of fused-ring (bicyclic) bond motifs is 1. The van der Waals surface area contributed by atoms with Gasteiger partial charge in [0, 0.05) is 19.0 Å². The van der Waals surface area contributed by atoms with Gasteiger partial charge in [-0.25, -0.2) is 9.97 Å². The Bertz CT molecular complexity index is 731. The van der Waals surface area contributed by atoms with Gasteiger partial charge >= 0.3 is 0 Å². The summed E-state index contributed by atoms with van der Waals surface area (Å²) in [6.07, 6.45) is 2.74. The number of nitrogens with two attached hydrogens (primary N) is 1. The molecule has 8 heteroatoms. The molecule has 2 aromatic rings. The number of oxazole rings is 1. The summed E-state index contributed by atoms with van der Waals surface area (Å²) in [5, 5.41) is 0. The van der Waals surface area contributed by atoms with Gasteiger partial charge in [0.25, 0.3) is 11.8 Å². The van der Waals surface area contributed by atoms with E-state index < -0.39 is 5.91 Å². The van der Waals surface area contributed by atoms with Gasteiger partial charge in [-0.05, 0) is 0 Å². The lowest BCUT2D eigenvalue weighted by Gasteiger charge is -2.28. The zero-order valence-electron chi connectivity index (χ0n) is 12.4. The van der Waals surface area contributed by atoms with E-state index in [1.54, 1.807) is 9.47 Å². The fraction of sp³-hybridized carbons (Fsp3) is 0.429. The standard InChI is InChI=1S/C14H17N5O3/c1-8(2)12-11(17-7-22-12)14(21)18-3-4-19-9(13(15)20)5-16-10(19)6-18/h5,7-8H,3-4,6H2,1-2H3,(H2,15,20). The number of rotatable bonds is 3. The number of carbonyl (C=O) groups excluding carboxylic acids is 2. The van der Waals surface area contributed by atoms with Crippen LogP contribution in [0.4, 0.5) is 0 Å². The van der Waals surface area contributed by atoms with Crippen LogP contribution in [0.2, 0.25) is 0 Å². The maximum absolute atomic E-state index is 12.6. The molecule has 0 aliphatic carbocycles. The molecule has 116 valence electrons. The van der Waals surface area contributed by atoms with Crippen LogP contribution in [0.15, 0.2) is 17.0 Å². The van der Waals surface area contributed by atoms with Crippen molar-refractivity contribution in [3.8, 4) is 0 Å². The lowest BCUT2D eigenvalue weighted by Crippen LogP contribution is -2.39. The van der Waals surface area contributed by atoms with Gasteiger partial charge in [0.2, 0.25) is 0 Å². The minimum Gasteiger partial charge on any atom is -0.447 e. The number of aromatic nitrogens is 3. The van der Waals surface area contributed by atoms with Crippen molar-refractivity contribution in [3.05, 3.63) is 35.6 Å². The molecule has 0 saturated heterocycles. The lowest BCUT2D eigenvalue weighted by molar-refractivity contribution is 0.0698. The van der Waals surface area contributed by atoms with E-state index in [4.69, 9.17) is 10.2 Å². The maximum Gasteiger partial charge on any atom is 0.276 e. The molecule has 8 nitrogen and oxygen atoms in total. The smallest absolute Gasteiger partial charge is 0.276 e. The minimum atomic E-state index is -0.517. The van der Waals surface area contributed by atoms with Crippen LogP contribution >= 0.6 is 0 Å². The Morgan fingerprint density at radius 1 is 1.32 bits per heavy atom. The predicted octanol–water partition coefficient (Wildman–Crippen LogP) is 0.749. The highest BCUT2D eigenvalue weighted by Gasteiger charge is 2.29. The SMILES string of the molecule is CC(C)c1ocnc1C(=O)N1CCn2c(C(N)=O)cnc2C1. The highest BCUT2D eigenvalue weighted by atomic mass is 16.3. The highest BCUT2D eigenvalue weighted by molar-refractivity contribution is 5.93. The Morgan fingerprint density at radius 2 is 2.09 bits per heavy atom. The molecule has 1 aliphatic rings. The molecule has 0 saturated carbocycles. The maximum atomic E-state index is 12.6. The van der Waals surface area contributed by atoms with Gasteiger partial charge in [0.15, 0.2) is 12.1 Å². The van der Waals surface area contributed by atoms with Crippen LogP contribution in [0.1, 0.15) is 52.3 Å². The number of hydrogen-bond donors (Lipinski definition) is 1. The van der Waals surface area contributed by atoms with Gasteiger partial charge in [-0.1, -0.05) is 13.8 Å². The van der Waals surface area contributed by atoms with Crippen molar-refractivity contribution in [1.82, 2.24) is 19.4 Å². The molecular formula is C14H17N5O3. The zero-order chi connectivity index (χ0) is 15.9. The molecular weight excluding hydrogens is 286 g/mol. The third-order valence-corrected chi connectivity index (χ3v) is 3.73. The van der Waals surface area contributed by atoms with E-state index >= 15 is 0 Å². The van der Waals surface area contributed by atoms with E-state index in [0.717, 1.165) is 0 Å². The van der Waals surface area contributed by atoms with Crippen molar-refractivity contribution in [2.75, 3.05) is 6.54 Å². The monoisotopic (exact) mass is 303 g/mol. The van der Waals surface area contributed by atoms with Crippen LogP contribution in [0.3, 0.4) is 0 Å². The number of primary amides is 1. The summed E-state index contributed by atoms with van der Waals surface area (Å²) in [6, 6.07) is 0. The first-order chi connectivity index (χ1) is 10.5. The Morgan fingerprint density at radius 3 is 2.77 bits per heavy atom. The molecule has 3 heterocycles. The van der Waals surface area contributed by atoms with E-state index in [2.05, 4.69) is 9.97 Å². The Hall–Kier alpha value is -2.64. The van der Waals surface area contributed by atoms with Crippen LogP contribution in [0, 0.1) is 0 Å². The van der Waals surface area contributed by atoms with E-state index in [-0.39, 0.29) is 11.8 Å². The zero-order valence-corrected chi connectivity index (χ0v) is 12.4. The number of imidazole rings is 1. The molecule has 3 rings (SSSR count). The van der Waals surface area contributed by atoms with Gasteiger partial charge in [-0.3, -0.25) is 9.59 Å². The van der Waals surface area contributed by atoms with Crippen LogP contribution < -0.4 is 5.73 Å². The average molecular weight is 303 g/mol. The van der Waals surface area contributed by atoms with E-state index in [9.17, 15) is 9.59 Å². The number of hydrogen-bond acceptors (Lipinski definition) is 5. The summed E-state index contributed by atoms with van der Waals surface area (Å²) in [5.41, 5.74) is 6.01. The second kappa shape index (κ2) is 5.28. The summed E-state index contributed by atoms with van der Waals surface area (Å²) in [4.78, 5) is 33.8. The number of carbonyl (C=O) groups is 2. The Kier molecular flexibility index (Phi) is 3.44. The first-order valence-corrected chi connectivity index (χ1v) is 7.06. The van der Waals surface area contributed by atoms with Gasteiger partial charge in [-0.15, -0.1) is 0 Å². The molecule has 1 aliphatic heterocycles. The Balaban J connectivity index is 1.84. The van der Waals surface area contributed by atoms with Crippen LogP contribution in [0.5, 0.6) is 0 Å². The van der Waals surface area contributed by atoms with Crippen molar-refractivity contribution in [2.24, 2.45) is 5.73 Å². The predicted molar refractivity (Wildman–Crippen MR) is 76.1 cm³/mol. The van der Waals surface area contributed by atoms with Crippen molar-refractivity contribution < 1.29 is 14.0 Å². The van der Waals surface area contributed by atoms with Gasteiger partial charge in [0.1, 0.15) is 17.3 Å². The largest absolute Gasteiger partial charge is 0.447 e. The molecule has 0 atom stereocenters. The van der Waals surface area contributed by atoms with Crippen LogP contribution in [-0.4, -0.2) is 37.8 Å². The summed E-state index contributed by atoms with van der Waals surface area (Å²) in [6.45, 7) is 5.15. The molecule has 0 spiro atoms. The van der Waals surface area contributed by atoms with E-state index in [1.165, 1.54) is 12.6 Å². The normalized spacial score (nSPS) is 14.2. The molecule has 2 amide bonds. The van der Waals surface area contributed by atoms with E-state index in [0.29, 0.717) is 42.6 Å². The number of nitrogens with zero attached hydrogens (tertiary/aromatic N) is 4. The molecule has 0 bridgehead atoms. The van der Waals surface area contributed by atoms with Crippen molar-refractivity contribution >= 4 is 11.8 Å². The first-order valence-electron chi connectivity index (χ1n) is 7.06. The molecule has 0 unspecified atom stereocenters. The molecule has 2 aromatic heterocycles. The van der Waals surface area contributed by atoms with Gasteiger partial charge in [-0.2, -0.15) is 0 Å². The summed E-state index contributed by atoms with van der Waals surface area (Å²) >= 11 is 0. The topological polar surface area (TPSA) is 107 Å². The molecule has 0 aromatic carbocycles. The molecule has 0 radical (unpaired) electrons. The number of amides is 2.